The number of halogens is 2. The third-order valence-electron chi connectivity index (χ3n) is 6.06. The van der Waals surface area contributed by atoms with Crippen LogP contribution in [0.1, 0.15) is 19.8 Å². The summed E-state index contributed by atoms with van der Waals surface area (Å²) in [7, 11) is 0. The molecule has 0 unspecified atom stereocenters. The molecule has 0 spiro atoms. The molecule has 6 rings (SSSR count). The van der Waals surface area contributed by atoms with Crippen LogP contribution in [-0.4, -0.2) is 41.0 Å². The number of nitrogens with one attached hydrogen (secondary N) is 3. The quantitative estimate of drug-likeness (QED) is 0.266. The fourth-order valence-electron chi connectivity index (χ4n) is 4.30. The van der Waals surface area contributed by atoms with E-state index in [1.165, 1.54) is 30.7 Å². The van der Waals surface area contributed by atoms with Crippen LogP contribution in [0.25, 0.3) is 56.0 Å². The van der Waals surface area contributed by atoms with Crippen molar-refractivity contribution >= 4 is 33.5 Å². The first-order valence-corrected chi connectivity index (χ1v) is 11.9. The second-order valence-corrected chi connectivity index (χ2v) is 8.69. The van der Waals surface area contributed by atoms with Crippen LogP contribution in [0.15, 0.2) is 61.2 Å². The fraction of sp³-hybridized carbons (Fsp3) is 0.111. The summed E-state index contributed by atoms with van der Waals surface area (Å²) in [5, 5.41) is 10.1. The van der Waals surface area contributed by atoms with Gasteiger partial charge < -0.3 is 10.3 Å². The van der Waals surface area contributed by atoms with Crippen LogP contribution in [0, 0.1) is 11.6 Å². The van der Waals surface area contributed by atoms with Gasteiger partial charge in [0.15, 0.2) is 11.6 Å². The number of benzene rings is 1. The van der Waals surface area contributed by atoms with Gasteiger partial charge >= 0.3 is 0 Å². The van der Waals surface area contributed by atoms with Gasteiger partial charge in [-0.1, -0.05) is 6.92 Å². The average molecular weight is 511 g/mol. The van der Waals surface area contributed by atoms with E-state index < -0.39 is 5.82 Å². The van der Waals surface area contributed by atoms with Crippen LogP contribution in [0.5, 0.6) is 0 Å². The van der Waals surface area contributed by atoms with Gasteiger partial charge in [0, 0.05) is 29.9 Å². The molecule has 5 aromatic heterocycles. The highest BCUT2D eigenvalue weighted by atomic mass is 19.1. The molecule has 0 aliphatic rings. The zero-order valence-electron chi connectivity index (χ0n) is 20.1. The van der Waals surface area contributed by atoms with Crippen molar-refractivity contribution in [1.29, 1.82) is 0 Å². The maximum Gasteiger partial charge on any atom is 0.224 e. The predicted molar refractivity (Wildman–Crippen MR) is 139 cm³/mol. The van der Waals surface area contributed by atoms with Gasteiger partial charge in [0.05, 0.1) is 40.2 Å². The van der Waals surface area contributed by atoms with Gasteiger partial charge in [0.2, 0.25) is 5.91 Å². The Labute approximate surface area is 214 Å². The second-order valence-electron chi connectivity index (χ2n) is 8.69. The first kappa shape index (κ1) is 23.3. The largest absolute Gasteiger partial charge is 0.336 e. The number of rotatable bonds is 6. The van der Waals surface area contributed by atoms with Gasteiger partial charge in [-0.05, 0) is 42.8 Å². The van der Waals surface area contributed by atoms with Crippen molar-refractivity contribution in [3.8, 4) is 34.0 Å². The van der Waals surface area contributed by atoms with Crippen LogP contribution < -0.4 is 5.32 Å². The van der Waals surface area contributed by atoms with Gasteiger partial charge in [-0.2, -0.15) is 5.10 Å². The van der Waals surface area contributed by atoms with E-state index in [-0.39, 0.29) is 28.5 Å². The number of carbonyl (C=O) groups is 1. The highest BCUT2D eigenvalue weighted by Gasteiger charge is 2.21. The molecule has 11 heteroatoms. The number of pyridine rings is 3. The lowest BCUT2D eigenvalue weighted by Crippen LogP contribution is -2.10. The number of H-pyrrole nitrogens is 2. The number of imidazole rings is 1. The van der Waals surface area contributed by atoms with Crippen LogP contribution >= 0.6 is 0 Å². The Kier molecular flexibility index (Phi) is 5.79. The van der Waals surface area contributed by atoms with Crippen LogP contribution in [-0.2, 0) is 4.79 Å². The summed E-state index contributed by atoms with van der Waals surface area (Å²) in [6.07, 6.45) is 7.16. The number of fused-ring (bicyclic) bond motifs is 2. The van der Waals surface area contributed by atoms with E-state index in [2.05, 4.69) is 40.4 Å². The summed E-state index contributed by atoms with van der Waals surface area (Å²) < 4.78 is 29.4. The Morgan fingerprint density at radius 3 is 2.61 bits per heavy atom. The molecule has 0 bridgehead atoms. The summed E-state index contributed by atoms with van der Waals surface area (Å²) in [4.78, 5) is 32.7. The fourth-order valence-corrected chi connectivity index (χ4v) is 4.30. The summed E-state index contributed by atoms with van der Waals surface area (Å²) in [5.41, 5.74) is 4.02. The van der Waals surface area contributed by atoms with Crippen molar-refractivity contribution < 1.29 is 13.6 Å². The van der Waals surface area contributed by atoms with E-state index in [0.29, 0.717) is 57.7 Å². The summed E-state index contributed by atoms with van der Waals surface area (Å²) in [5.74, 6) is -0.776. The molecule has 1 aromatic carbocycles. The molecule has 0 atom stereocenters. The molecule has 0 saturated carbocycles. The minimum absolute atomic E-state index is 0.0593. The first-order valence-electron chi connectivity index (χ1n) is 11.9. The molecule has 0 saturated heterocycles. The maximum absolute atomic E-state index is 16.0. The van der Waals surface area contributed by atoms with Crippen LogP contribution in [0.2, 0.25) is 0 Å². The highest BCUT2D eigenvalue weighted by Crippen LogP contribution is 2.34. The zero-order valence-corrected chi connectivity index (χ0v) is 20.1. The van der Waals surface area contributed by atoms with E-state index in [9.17, 15) is 9.18 Å². The number of nitrogens with zero attached hydrogens (tertiary/aromatic N) is 5. The topological polar surface area (TPSA) is 125 Å². The van der Waals surface area contributed by atoms with Crippen molar-refractivity contribution in [2.75, 3.05) is 5.32 Å². The molecule has 188 valence electrons. The lowest BCUT2D eigenvalue weighted by atomic mass is 10.1. The van der Waals surface area contributed by atoms with Crippen molar-refractivity contribution in [2.24, 2.45) is 0 Å². The molecular weight excluding hydrogens is 490 g/mol. The van der Waals surface area contributed by atoms with Crippen molar-refractivity contribution in [2.45, 2.75) is 19.8 Å². The molecule has 6 aromatic rings. The first-order chi connectivity index (χ1) is 18.5. The normalized spacial score (nSPS) is 11.3. The Morgan fingerprint density at radius 1 is 0.947 bits per heavy atom. The van der Waals surface area contributed by atoms with Crippen molar-refractivity contribution in [3.05, 3.63) is 72.8 Å². The summed E-state index contributed by atoms with van der Waals surface area (Å²) in [6.45, 7) is 1.91. The monoisotopic (exact) mass is 510 g/mol. The molecule has 38 heavy (non-hydrogen) atoms. The Balaban J connectivity index is 1.44. The molecule has 5 heterocycles. The minimum Gasteiger partial charge on any atom is -0.336 e. The summed E-state index contributed by atoms with van der Waals surface area (Å²) in [6, 6.07) is 9.33. The van der Waals surface area contributed by atoms with E-state index in [1.54, 1.807) is 30.5 Å². The van der Waals surface area contributed by atoms with Gasteiger partial charge in [0.1, 0.15) is 22.7 Å². The Hall–Kier alpha value is -5.06. The van der Waals surface area contributed by atoms with Crippen LogP contribution in [0.3, 0.4) is 0 Å². The maximum atomic E-state index is 16.0. The minimum atomic E-state index is -0.609. The van der Waals surface area contributed by atoms with Crippen molar-refractivity contribution in [3.63, 3.8) is 0 Å². The average Bonchev–Trinajstić information content (AvgIpc) is 3.54. The lowest BCUT2D eigenvalue weighted by molar-refractivity contribution is -0.116. The number of hydrogen-bond acceptors (Lipinski definition) is 6. The number of anilines is 1. The smallest absolute Gasteiger partial charge is 0.224 e. The number of aromatic nitrogens is 7. The molecular formula is C27H20F2N8O. The standard InChI is InChI=1S/C27H20F2N8O/c1-2-3-20(38)33-17-10-15(11-30-12-17)23-22(29)21-19(13-32-23)36-37-26(21)27-34-18-8-9-31-24(25(18)35-27)14-4-6-16(28)7-5-14/h4-13H,2-3H2,1H3,(H,33,38)(H,34,35)(H,36,37). The third kappa shape index (κ3) is 4.13. The molecule has 0 aliphatic heterocycles. The summed E-state index contributed by atoms with van der Waals surface area (Å²) >= 11 is 0. The molecule has 0 aliphatic carbocycles. The Morgan fingerprint density at radius 2 is 1.79 bits per heavy atom. The number of aromatic amines is 2. The van der Waals surface area contributed by atoms with E-state index in [1.807, 2.05) is 6.92 Å². The molecule has 0 radical (unpaired) electrons. The van der Waals surface area contributed by atoms with E-state index >= 15 is 4.39 Å². The molecule has 3 N–H and O–H groups in total. The number of carbonyl (C=O) groups excluding carboxylic acids is 1. The predicted octanol–water partition coefficient (Wildman–Crippen LogP) is 5.64. The Bertz CT molecular complexity index is 1810. The van der Waals surface area contributed by atoms with E-state index in [4.69, 9.17) is 0 Å². The zero-order chi connectivity index (χ0) is 26.2. The highest BCUT2D eigenvalue weighted by molar-refractivity contribution is 5.97. The second kappa shape index (κ2) is 9.43. The lowest BCUT2D eigenvalue weighted by Gasteiger charge is -2.07. The number of amides is 1. The van der Waals surface area contributed by atoms with Gasteiger partial charge in [-0.15, -0.1) is 0 Å². The van der Waals surface area contributed by atoms with Crippen LogP contribution in [0.4, 0.5) is 14.5 Å². The SMILES string of the molecule is CCCC(=O)Nc1cncc(-c2ncc3[nH]nc(-c4nc5c(-c6ccc(F)cc6)nccc5[nH]4)c3c2F)c1. The molecule has 9 nitrogen and oxygen atoms in total. The van der Waals surface area contributed by atoms with E-state index in [0.717, 1.165) is 0 Å². The van der Waals surface area contributed by atoms with Gasteiger partial charge in [-0.25, -0.2) is 13.8 Å². The van der Waals surface area contributed by atoms with Gasteiger partial charge in [-0.3, -0.25) is 24.8 Å². The third-order valence-corrected chi connectivity index (χ3v) is 6.06. The van der Waals surface area contributed by atoms with Crippen molar-refractivity contribution in [1.82, 2.24) is 35.1 Å². The van der Waals surface area contributed by atoms with Gasteiger partial charge in [0.25, 0.3) is 0 Å². The molecule has 1 amide bonds. The molecule has 0 fully saturated rings. The number of hydrogen-bond donors (Lipinski definition) is 3.